The first-order valence-corrected chi connectivity index (χ1v) is 12.6. The molecular formula is C22H25F6NO4S. The predicted molar refractivity (Wildman–Crippen MR) is 112 cm³/mol. The van der Waals surface area contributed by atoms with Crippen molar-refractivity contribution in [2.75, 3.05) is 19.3 Å². The number of sulfone groups is 1. The number of nitrogens with zero attached hydrogens (tertiary/aromatic N) is 1. The van der Waals surface area contributed by atoms with Crippen LogP contribution in [0, 0.1) is 5.92 Å². The van der Waals surface area contributed by atoms with Gasteiger partial charge < -0.3 is 9.64 Å². The Morgan fingerprint density at radius 2 is 1.82 bits per heavy atom. The summed E-state index contributed by atoms with van der Waals surface area (Å²) in [6.07, 6.45) is -5.14. The van der Waals surface area contributed by atoms with Gasteiger partial charge in [-0.15, -0.1) is 0 Å². The summed E-state index contributed by atoms with van der Waals surface area (Å²) in [6, 6.07) is 0. The molecule has 1 saturated heterocycles. The van der Waals surface area contributed by atoms with Crippen LogP contribution in [0.2, 0.25) is 0 Å². The summed E-state index contributed by atoms with van der Waals surface area (Å²) in [7, 11) is -3.62. The highest BCUT2D eigenvalue weighted by molar-refractivity contribution is 7.91. The Morgan fingerprint density at radius 3 is 2.35 bits per heavy atom. The number of likely N-dealkylation sites (tertiary alicyclic amines) is 1. The fourth-order valence-corrected chi connectivity index (χ4v) is 4.99. The van der Waals surface area contributed by atoms with Crippen molar-refractivity contribution in [3.8, 4) is 0 Å². The van der Waals surface area contributed by atoms with E-state index in [0.717, 1.165) is 30.9 Å². The van der Waals surface area contributed by atoms with Crippen LogP contribution in [0.1, 0.15) is 32.6 Å². The van der Waals surface area contributed by atoms with Gasteiger partial charge in [0.05, 0.1) is 10.8 Å². The van der Waals surface area contributed by atoms with Gasteiger partial charge in [0.15, 0.2) is 15.9 Å². The van der Waals surface area contributed by atoms with Crippen LogP contribution in [0.5, 0.6) is 0 Å². The number of hydrogen-bond donors (Lipinski definition) is 0. The fraction of sp³-hybridized carbons (Fsp3) is 0.591. The van der Waals surface area contributed by atoms with Crippen LogP contribution < -0.4 is 0 Å². The number of amides is 1. The molecular weight excluding hydrogens is 488 g/mol. The van der Waals surface area contributed by atoms with E-state index in [9.17, 15) is 39.6 Å². The number of ether oxygens (including phenoxy) is 1. The molecule has 0 aromatic rings. The van der Waals surface area contributed by atoms with Gasteiger partial charge in [-0.25, -0.2) is 8.42 Å². The Hall–Kier alpha value is -2.24. The van der Waals surface area contributed by atoms with Crippen molar-refractivity contribution in [2.45, 2.75) is 56.3 Å². The lowest BCUT2D eigenvalue weighted by atomic mass is 9.88. The standard InChI is InChI=1S/C22H25F6NO4S/c1-13(21(23,24)25)33-19-8-7-17(34(2,31)32)11-18(19)20(30)29-10-9-15(12-29)14-3-5-16(6-4-14)22(26,27)28/h3,5,8,11,13,15,17H,4,6-7,9-10,12H2,1-2H3. The lowest BCUT2D eigenvalue weighted by Crippen LogP contribution is -2.35. The molecule has 12 heteroatoms. The van der Waals surface area contributed by atoms with Crippen LogP contribution >= 0.6 is 0 Å². The quantitative estimate of drug-likeness (QED) is 0.503. The minimum atomic E-state index is -4.68. The Balaban J connectivity index is 1.79. The van der Waals surface area contributed by atoms with E-state index >= 15 is 0 Å². The number of carbonyl (C=O) groups is 1. The maximum atomic E-state index is 13.2. The molecule has 5 nitrogen and oxygen atoms in total. The maximum absolute atomic E-state index is 13.2. The largest absolute Gasteiger partial charge is 0.481 e. The number of rotatable bonds is 5. The van der Waals surface area contributed by atoms with Gasteiger partial charge in [-0.1, -0.05) is 17.7 Å². The first kappa shape index (κ1) is 26.4. The molecule has 0 bridgehead atoms. The molecule has 1 aliphatic heterocycles. The van der Waals surface area contributed by atoms with Crippen LogP contribution in [0.25, 0.3) is 0 Å². The second kappa shape index (κ2) is 9.43. The zero-order valence-corrected chi connectivity index (χ0v) is 19.4. The van der Waals surface area contributed by atoms with E-state index in [4.69, 9.17) is 4.74 Å². The lowest BCUT2D eigenvalue weighted by Gasteiger charge is -2.27. The van der Waals surface area contributed by atoms with E-state index in [-0.39, 0.29) is 49.6 Å². The summed E-state index contributed by atoms with van der Waals surface area (Å²) in [5, 5.41) is -1.08. The molecule has 34 heavy (non-hydrogen) atoms. The van der Waals surface area contributed by atoms with Gasteiger partial charge in [-0.05, 0) is 50.7 Å². The zero-order valence-electron chi connectivity index (χ0n) is 18.5. The number of carbonyl (C=O) groups excluding carboxylic acids is 1. The van der Waals surface area contributed by atoms with Crippen molar-refractivity contribution in [1.29, 1.82) is 0 Å². The topological polar surface area (TPSA) is 63.7 Å². The van der Waals surface area contributed by atoms with E-state index < -0.39 is 45.0 Å². The van der Waals surface area contributed by atoms with Crippen LogP contribution in [0.4, 0.5) is 26.3 Å². The van der Waals surface area contributed by atoms with Crippen LogP contribution in [-0.4, -0.2) is 62.3 Å². The molecule has 3 rings (SSSR count). The third-order valence-corrected chi connectivity index (χ3v) is 7.67. The third kappa shape index (κ3) is 6.05. The average molecular weight is 514 g/mol. The molecule has 0 spiro atoms. The second-order valence-corrected chi connectivity index (χ2v) is 11.0. The van der Waals surface area contributed by atoms with Gasteiger partial charge in [0.1, 0.15) is 5.76 Å². The highest BCUT2D eigenvalue weighted by Gasteiger charge is 2.41. The summed E-state index contributed by atoms with van der Waals surface area (Å²) in [6.45, 7) is 1.19. The molecule has 0 N–H and O–H groups in total. The molecule has 2 aliphatic carbocycles. The van der Waals surface area contributed by atoms with E-state index in [0.29, 0.717) is 6.42 Å². The Bertz CT molecular complexity index is 1050. The van der Waals surface area contributed by atoms with Crippen LogP contribution in [0.3, 0.4) is 0 Å². The molecule has 1 heterocycles. The smallest absolute Gasteiger partial charge is 0.425 e. The number of alkyl halides is 6. The first-order chi connectivity index (χ1) is 15.6. The third-order valence-electron chi connectivity index (χ3n) is 6.24. The summed E-state index contributed by atoms with van der Waals surface area (Å²) in [5.74, 6) is -1.18. The number of halogens is 6. The van der Waals surface area contributed by atoms with E-state index in [1.807, 2.05) is 0 Å². The van der Waals surface area contributed by atoms with Crippen molar-refractivity contribution in [3.05, 3.63) is 46.8 Å². The van der Waals surface area contributed by atoms with Crippen LogP contribution in [0.15, 0.2) is 46.8 Å². The Morgan fingerprint density at radius 1 is 1.15 bits per heavy atom. The van der Waals surface area contributed by atoms with Crippen molar-refractivity contribution < 1.29 is 44.3 Å². The van der Waals surface area contributed by atoms with E-state index in [1.54, 1.807) is 0 Å². The second-order valence-electron chi connectivity index (χ2n) is 8.72. The highest BCUT2D eigenvalue weighted by atomic mass is 32.2. The van der Waals surface area contributed by atoms with Crippen molar-refractivity contribution in [1.82, 2.24) is 4.90 Å². The SMILES string of the molecule is CC(OC1=CCC(S(C)(=O)=O)C=C1C(=O)N1CCC(C2=CC=C(C(F)(F)F)CC2)C1)C(F)(F)F. The molecule has 3 aliphatic rings. The molecule has 3 unspecified atom stereocenters. The molecule has 0 aromatic carbocycles. The molecule has 190 valence electrons. The fourth-order valence-electron chi connectivity index (χ4n) is 4.16. The predicted octanol–water partition coefficient (Wildman–Crippen LogP) is 4.64. The maximum Gasteiger partial charge on any atom is 0.425 e. The average Bonchev–Trinajstić information content (AvgIpc) is 3.22. The minimum absolute atomic E-state index is 0.126. The van der Waals surface area contributed by atoms with Crippen molar-refractivity contribution in [2.24, 2.45) is 5.92 Å². The molecule has 0 aromatic heterocycles. The van der Waals surface area contributed by atoms with E-state index in [2.05, 4.69) is 0 Å². The summed E-state index contributed by atoms with van der Waals surface area (Å²) in [5.41, 5.74) is -0.102. The zero-order chi connectivity index (χ0) is 25.5. The van der Waals surface area contributed by atoms with Crippen molar-refractivity contribution in [3.63, 3.8) is 0 Å². The van der Waals surface area contributed by atoms with Gasteiger partial charge in [0, 0.05) is 24.9 Å². The molecule has 0 saturated carbocycles. The first-order valence-electron chi connectivity index (χ1n) is 10.7. The van der Waals surface area contributed by atoms with Gasteiger partial charge in [-0.3, -0.25) is 4.79 Å². The number of hydrogen-bond acceptors (Lipinski definition) is 4. The van der Waals surface area contributed by atoms with Gasteiger partial charge in [0.2, 0.25) is 0 Å². The van der Waals surface area contributed by atoms with Gasteiger partial charge >= 0.3 is 12.4 Å². The summed E-state index contributed by atoms with van der Waals surface area (Å²) in [4.78, 5) is 14.6. The summed E-state index contributed by atoms with van der Waals surface area (Å²) < 4.78 is 107. The van der Waals surface area contributed by atoms with Crippen molar-refractivity contribution >= 4 is 15.7 Å². The minimum Gasteiger partial charge on any atom is -0.481 e. The molecule has 1 fully saturated rings. The lowest BCUT2D eigenvalue weighted by molar-refractivity contribution is -0.202. The Kier molecular flexibility index (Phi) is 7.31. The Labute approximate surface area is 193 Å². The number of allylic oxidation sites excluding steroid dienone is 4. The molecule has 1 amide bonds. The normalized spacial score (nSPS) is 25.2. The van der Waals surface area contributed by atoms with Crippen LogP contribution in [-0.2, 0) is 19.4 Å². The van der Waals surface area contributed by atoms with Gasteiger partial charge in [-0.2, -0.15) is 26.3 Å². The monoisotopic (exact) mass is 513 g/mol. The van der Waals surface area contributed by atoms with E-state index in [1.165, 1.54) is 17.1 Å². The van der Waals surface area contributed by atoms with Gasteiger partial charge in [0.25, 0.3) is 5.91 Å². The molecule has 0 radical (unpaired) electrons. The summed E-state index contributed by atoms with van der Waals surface area (Å²) >= 11 is 0. The molecule has 3 atom stereocenters. The highest BCUT2D eigenvalue weighted by Crippen LogP contribution is 2.38.